The Morgan fingerprint density at radius 3 is 2.70 bits per heavy atom. The molecule has 120 valence electrons. The average Bonchev–Trinajstić information content (AvgIpc) is 2.97. The van der Waals surface area contributed by atoms with Gasteiger partial charge in [-0.05, 0) is 48.7 Å². The molecule has 3 aromatic rings. The molecule has 23 heavy (non-hydrogen) atoms. The van der Waals surface area contributed by atoms with E-state index in [-0.39, 0.29) is 0 Å². The van der Waals surface area contributed by atoms with Crippen LogP contribution >= 0.6 is 0 Å². The van der Waals surface area contributed by atoms with E-state index in [4.69, 9.17) is 4.74 Å². The van der Waals surface area contributed by atoms with Crippen molar-refractivity contribution in [1.29, 1.82) is 0 Å². The number of H-pyrrole nitrogens is 1. The van der Waals surface area contributed by atoms with Gasteiger partial charge < -0.3 is 15.0 Å². The molecule has 0 radical (unpaired) electrons. The first kappa shape index (κ1) is 15.6. The normalized spacial score (nSPS) is 11.1. The minimum atomic E-state index is 0.977. The Morgan fingerprint density at radius 2 is 1.87 bits per heavy atom. The molecule has 3 N–H and O–H groups in total. The fourth-order valence-corrected chi connectivity index (χ4v) is 3.14. The molecule has 1 heterocycles. The zero-order valence-electron chi connectivity index (χ0n) is 14.1. The number of hydrogen-bond acceptors (Lipinski definition) is 1. The fourth-order valence-electron chi connectivity index (χ4n) is 3.14. The van der Waals surface area contributed by atoms with Crippen molar-refractivity contribution in [3.63, 3.8) is 0 Å². The zero-order chi connectivity index (χ0) is 16.2. The summed E-state index contributed by atoms with van der Waals surface area (Å²) in [6.07, 6.45) is 3.22. The van der Waals surface area contributed by atoms with E-state index in [1.807, 2.05) is 0 Å². The van der Waals surface area contributed by atoms with Crippen LogP contribution in [0, 0.1) is 13.8 Å². The number of methoxy groups -OCH3 is 1. The molecular weight excluding hydrogens is 284 g/mol. The number of fused-ring (bicyclic) bond motifs is 1. The highest BCUT2D eigenvalue weighted by atomic mass is 16.5. The molecule has 0 atom stereocenters. The van der Waals surface area contributed by atoms with Crippen molar-refractivity contribution < 1.29 is 10.1 Å². The van der Waals surface area contributed by atoms with E-state index in [0.717, 1.165) is 25.3 Å². The molecular formula is C20H25N2O+. The number of nitrogens with two attached hydrogens (primary N) is 1. The van der Waals surface area contributed by atoms with Gasteiger partial charge in [-0.3, -0.25) is 0 Å². The van der Waals surface area contributed by atoms with E-state index in [9.17, 15) is 0 Å². The second kappa shape index (κ2) is 6.88. The summed E-state index contributed by atoms with van der Waals surface area (Å²) in [5.74, 6) is 0.977. The molecule has 1 aromatic heterocycles. The third-order valence-corrected chi connectivity index (χ3v) is 4.51. The second-order valence-electron chi connectivity index (χ2n) is 6.14. The van der Waals surface area contributed by atoms with Gasteiger partial charge in [0.15, 0.2) is 0 Å². The third-order valence-electron chi connectivity index (χ3n) is 4.51. The summed E-state index contributed by atoms with van der Waals surface area (Å²) >= 11 is 0. The van der Waals surface area contributed by atoms with Gasteiger partial charge in [-0.1, -0.05) is 18.2 Å². The highest BCUT2D eigenvalue weighted by Gasteiger charge is 2.07. The molecule has 3 heteroatoms. The molecule has 0 amide bonds. The van der Waals surface area contributed by atoms with Crippen LogP contribution in [-0.2, 0) is 13.0 Å². The van der Waals surface area contributed by atoms with Crippen LogP contribution in [0.3, 0.4) is 0 Å². The van der Waals surface area contributed by atoms with Crippen molar-refractivity contribution in [3.8, 4) is 5.75 Å². The molecule has 0 aliphatic carbocycles. The SMILES string of the molecule is COc1cc(C)c(C[NH2+]CCc2c[nH]c3ccccc23)cc1C. The summed E-state index contributed by atoms with van der Waals surface area (Å²) in [7, 11) is 1.73. The maximum absolute atomic E-state index is 5.38. The summed E-state index contributed by atoms with van der Waals surface area (Å²) in [5.41, 5.74) is 6.53. The van der Waals surface area contributed by atoms with Gasteiger partial charge in [0, 0.05) is 29.1 Å². The summed E-state index contributed by atoms with van der Waals surface area (Å²) < 4.78 is 5.38. The number of aryl methyl sites for hydroxylation is 2. The average molecular weight is 309 g/mol. The summed E-state index contributed by atoms with van der Waals surface area (Å²) in [6, 6.07) is 12.9. The number of para-hydroxylation sites is 1. The van der Waals surface area contributed by atoms with Crippen LogP contribution < -0.4 is 10.1 Å². The van der Waals surface area contributed by atoms with Crippen molar-refractivity contribution >= 4 is 10.9 Å². The Morgan fingerprint density at radius 1 is 1.04 bits per heavy atom. The van der Waals surface area contributed by atoms with Crippen molar-refractivity contribution in [2.45, 2.75) is 26.8 Å². The van der Waals surface area contributed by atoms with Crippen LogP contribution in [0.2, 0.25) is 0 Å². The Labute approximate surface area is 137 Å². The molecule has 3 nitrogen and oxygen atoms in total. The standard InChI is InChI=1S/C20H24N2O/c1-14-11-20(23-3)15(2)10-17(14)12-21-9-8-16-13-22-19-7-5-4-6-18(16)19/h4-7,10-11,13,21-22H,8-9,12H2,1-3H3/p+1. The molecule has 2 aromatic carbocycles. The van der Waals surface area contributed by atoms with Crippen molar-refractivity contribution in [2.24, 2.45) is 0 Å². The summed E-state index contributed by atoms with van der Waals surface area (Å²) in [5, 5.41) is 3.73. The number of rotatable bonds is 6. The summed E-state index contributed by atoms with van der Waals surface area (Å²) in [6.45, 7) is 6.36. The summed E-state index contributed by atoms with van der Waals surface area (Å²) in [4.78, 5) is 3.35. The van der Waals surface area contributed by atoms with E-state index in [1.165, 1.54) is 33.2 Å². The van der Waals surface area contributed by atoms with Crippen LogP contribution in [0.5, 0.6) is 5.75 Å². The molecule has 0 aliphatic rings. The lowest BCUT2D eigenvalue weighted by Crippen LogP contribution is -2.83. The van der Waals surface area contributed by atoms with E-state index in [0.29, 0.717) is 0 Å². The van der Waals surface area contributed by atoms with Crippen LogP contribution in [-0.4, -0.2) is 18.6 Å². The number of nitrogens with one attached hydrogen (secondary N) is 1. The molecule has 3 rings (SSSR count). The van der Waals surface area contributed by atoms with Gasteiger partial charge in [0.1, 0.15) is 12.3 Å². The Bertz CT molecular complexity index is 805. The first-order valence-corrected chi connectivity index (χ1v) is 8.20. The number of quaternary nitrogens is 1. The number of aromatic nitrogens is 1. The molecule has 0 aliphatic heterocycles. The maximum atomic E-state index is 5.38. The van der Waals surface area contributed by atoms with E-state index < -0.39 is 0 Å². The van der Waals surface area contributed by atoms with E-state index in [1.54, 1.807) is 7.11 Å². The Hall–Kier alpha value is -2.26. The second-order valence-corrected chi connectivity index (χ2v) is 6.14. The first-order chi connectivity index (χ1) is 11.2. The quantitative estimate of drug-likeness (QED) is 0.675. The number of hydrogen-bond donors (Lipinski definition) is 2. The topological polar surface area (TPSA) is 41.6 Å². The Kier molecular flexibility index (Phi) is 4.68. The molecule has 0 spiro atoms. The minimum absolute atomic E-state index is 0.977. The predicted molar refractivity (Wildman–Crippen MR) is 95.0 cm³/mol. The molecule has 0 fully saturated rings. The number of aromatic amines is 1. The van der Waals surface area contributed by atoms with Gasteiger partial charge in [-0.25, -0.2) is 0 Å². The van der Waals surface area contributed by atoms with Gasteiger partial charge in [0.25, 0.3) is 0 Å². The van der Waals surface area contributed by atoms with Gasteiger partial charge in [-0.2, -0.15) is 0 Å². The highest BCUT2D eigenvalue weighted by Crippen LogP contribution is 2.22. The largest absolute Gasteiger partial charge is 0.496 e. The van der Waals surface area contributed by atoms with Crippen LogP contribution in [0.25, 0.3) is 10.9 Å². The first-order valence-electron chi connectivity index (χ1n) is 8.20. The van der Waals surface area contributed by atoms with Crippen LogP contribution in [0.15, 0.2) is 42.6 Å². The highest BCUT2D eigenvalue weighted by molar-refractivity contribution is 5.82. The van der Waals surface area contributed by atoms with Crippen molar-refractivity contribution in [3.05, 3.63) is 64.8 Å². The molecule has 0 saturated heterocycles. The lowest BCUT2D eigenvalue weighted by molar-refractivity contribution is -0.670. The maximum Gasteiger partial charge on any atom is 0.122 e. The van der Waals surface area contributed by atoms with E-state index in [2.05, 4.69) is 66.7 Å². The van der Waals surface area contributed by atoms with Gasteiger partial charge in [0.2, 0.25) is 0 Å². The third kappa shape index (κ3) is 3.40. The lowest BCUT2D eigenvalue weighted by atomic mass is 10.0. The van der Waals surface area contributed by atoms with Crippen molar-refractivity contribution in [2.75, 3.05) is 13.7 Å². The molecule has 0 unspecified atom stereocenters. The van der Waals surface area contributed by atoms with Gasteiger partial charge in [0.05, 0.1) is 13.7 Å². The lowest BCUT2D eigenvalue weighted by Gasteiger charge is -2.10. The van der Waals surface area contributed by atoms with Crippen molar-refractivity contribution in [1.82, 2.24) is 4.98 Å². The van der Waals surface area contributed by atoms with Gasteiger partial charge >= 0.3 is 0 Å². The molecule has 0 saturated carbocycles. The predicted octanol–water partition coefficient (Wildman–Crippen LogP) is 3.10. The van der Waals surface area contributed by atoms with E-state index >= 15 is 0 Å². The van der Waals surface area contributed by atoms with Gasteiger partial charge in [-0.15, -0.1) is 0 Å². The zero-order valence-corrected chi connectivity index (χ0v) is 14.1. The van der Waals surface area contributed by atoms with Crippen LogP contribution in [0.4, 0.5) is 0 Å². The minimum Gasteiger partial charge on any atom is -0.496 e. The fraction of sp³-hybridized carbons (Fsp3) is 0.300. The van der Waals surface area contributed by atoms with Crippen LogP contribution in [0.1, 0.15) is 22.3 Å². The monoisotopic (exact) mass is 309 g/mol. The Balaban J connectivity index is 1.59. The smallest absolute Gasteiger partial charge is 0.122 e. The molecule has 0 bridgehead atoms. The number of ether oxygens (including phenoxy) is 1. The number of benzene rings is 2.